The first-order valence-corrected chi connectivity index (χ1v) is 9.05. The van der Waals surface area contributed by atoms with E-state index in [1.54, 1.807) is 0 Å². The van der Waals surface area contributed by atoms with E-state index >= 15 is 0 Å². The predicted octanol–water partition coefficient (Wildman–Crippen LogP) is 3.74. The Bertz CT molecular complexity index is 464. The smallest absolute Gasteiger partial charge is 0.0427 e. The molecule has 0 saturated carbocycles. The van der Waals surface area contributed by atoms with Gasteiger partial charge in [0.2, 0.25) is 0 Å². The monoisotopic (exact) mass is 356 g/mol. The Morgan fingerprint density at radius 3 is 2.70 bits per heavy atom. The second kappa shape index (κ2) is 6.39. The molecule has 1 aliphatic rings. The summed E-state index contributed by atoms with van der Waals surface area (Å²) in [5.41, 5.74) is 8.00. The van der Waals surface area contributed by atoms with Gasteiger partial charge in [-0.3, -0.25) is 4.90 Å². The standard InChI is InChI=1S/C16H25BrN2S/c1-15(2)9-16(10-18,12-20-11-15)19(3)8-13-5-4-6-14(17)7-13/h4-7H,8-12,18H2,1-3H3. The highest BCUT2D eigenvalue weighted by atomic mass is 79.9. The van der Waals surface area contributed by atoms with E-state index < -0.39 is 0 Å². The highest BCUT2D eigenvalue weighted by Gasteiger charge is 2.42. The van der Waals surface area contributed by atoms with Crippen molar-refractivity contribution in [3.63, 3.8) is 0 Å². The van der Waals surface area contributed by atoms with Gasteiger partial charge in [-0.2, -0.15) is 11.8 Å². The zero-order chi connectivity index (χ0) is 14.8. The van der Waals surface area contributed by atoms with Crippen molar-refractivity contribution >= 4 is 27.7 Å². The van der Waals surface area contributed by atoms with Crippen molar-refractivity contribution in [2.24, 2.45) is 11.1 Å². The van der Waals surface area contributed by atoms with Crippen molar-refractivity contribution in [3.8, 4) is 0 Å². The third-order valence-corrected chi connectivity index (χ3v) is 6.39. The van der Waals surface area contributed by atoms with Crippen LogP contribution < -0.4 is 5.73 Å². The van der Waals surface area contributed by atoms with Crippen LogP contribution in [0.1, 0.15) is 25.8 Å². The molecule has 112 valence electrons. The predicted molar refractivity (Wildman–Crippen MR) is 93.1 cm³/mol. The molecular weight excluding hydrogens is 332 g/mol. The van der Waals surface area contributed by atoms with Crippen molar-refractivity contribution in [3.05, 3.63) is 34.3 Å². The summed E-state index contributed by atoms with van der Waals surface area (Å²) in [7, 11) is 2.22. The first-order valence-electron chi connectivity index (χ1n) is 7.10. The lowest BCUT2D eigenvalue weighted by Crippen LogP contribution is -2.58. The molecule has 0 aliphatic carbocycles. The van der Waals surface area contributed by atoms with Gasteiger partial charge < -0.3 is 5.73 Å². The SMILES string of the molecule is CN(Cc1cccc(Br)c1)C1(CN)CSCC(C)(C)C1. The lowest BCUT2D eigenvalue weighted by Gasteiger charge is -2.49. The molecule has 1 fully saturated rings. The molecule has 0 radical (unpaired) electrons. The van der Waals surface area contributed by atoms with E-state index in [1.807, 2.05) is 11.8 Å². The molecule has 0 amide bonds. The first-order chi connectivity index (χ1) is 9.37. The van der Waals surface area contributed by atoms with E-state index in [0.29, 0.717) is 5.41 Å². The Hall–Kier alpha value is -0.0300. The van der Waals surface area contributed by atoms with Crippen LogP contribution in [-0.4, -0.2) is 35.5 Å². The zero-order valence-electron chi connectivity index (χ0n) is 12.7. The Labute approximate surface area is 135 Å². The average Bonchev–Trinajstić information content (AvgIpc) is 2.37. The van der Waals surface area contributed by atoms with Gasteiger partial charge in [0.05, 0.1) is 0 Å². The first kappa shape index (κ1) is 16.3. The number of nitrogens with zero attached hydrogens (tertiary/aromatic N) is 1. The van der Waals surface area contributed by atoms with Crippen LogP contribution >= 0.6 is 27.7 Å². The summed E-state index contributed by atoms with van der Waals surface area (Å²) in [6.45, 7) is 6.40. The summed E-state index contributed by atoms with van der Waals surface area (Å²) < 4.78 is 1.14. The van der Waals surface area contributed by atoms with Crippen LogP contribution in [0.5, 0.6) is 0 Å². The number of hydrogen-bond acceptors (Lipinski definition) is 3. The molecule has 2 N–H and O–H groups in total. The molecular formula is C16H25BrN2S. The fourth-order valence-electron chi connectivity index (χ4n) is 3.12. The van der Waals surface area contributed by atoms with Crippen LogP contribution in [-0.2, 0) is 6.54 Å². The summed E-state index contributed by atoms with van der Waals surface area (Å²) in [4.78, 5) is 2.46. The lowest BCUT2D eigenvalue weighted by atomic mass is 9.79. The summed E-state index contributed by atoms with van der Waals surface area (Å²) >= 11 is 5.59. The van der Waals surface area contributed by atoms with Gasteiger partial charge in [0.15, 0.2) is 0 Å². The van der Waals surface area contributed by atoms with E-state index in [1.165, 1.54) is 17.7 Å². The van der Waals surface area contributed by atoms with Crippen LogP contribution in [0.25, 0.3) is 0 Å². The molecule has 1 unspecified atom stereocenters. The van der Waals surface area contributed by atoms with Crippen molar-refractivity contribution in [1.82, 2.24) is 4.90 Å². The minimum Gasteiger partial charge on any atom is -0.329 e. The molecule has 1 heterocycles. The number of rotatable bonds is 4. The van der Waals surface area contributed by atoms with Crippen LogP contribution in [0.2, 0.25) is 0 Å². The van der Waals surface area contributed by atoms with Crippen LogP contribution in [0.4, 0.5) is 0 Å². The fourth-order valence-corrected chi connectivity index (χ4v) is 5.14. The van der Waals surface area contributed by atoms with Gasteiger partial charge in [-0.15, -0.1) is 0 Å². The van der Waals surface area contributed by atoms with E-state index in [-0.39, 0.29) is 5.54 Å². The molecule has 1 aromatic rings. The van der Waals surface area contributed by atoms with Crippen molar-refractivity contribution in [2.45, 2.75) is 32.4 Å². The van der Waals surface area contributed by atoms with E-state index in [4.69, 9.17) is 5.73 Å². The molecule has 0 bridgehead atoms. The molecule has 0 aromatic heterocycles. The highest BCUT2D eigenvalue weighted by molar-refractivity contribution is 9.10. The molecule has 1 saturated heterocycles. The Balaban J connectivity index is 2.14. The zero-order valence-corrected chi connectivity index (χ0v) is 15.1. The summed E-state index contributed by atoms with van der Waals surface area (Å²) in [6.07, 6.45) is 1.17. The Kier molecular flexibility index (Phi) is 5.22. The van der Waals surface area contributed by atoms with Crippen molar-refractivity contribution in [2.75, 3.05) is 25.1 Å². The van der Waals surface area contributed by atoms with Crippen molar-refractivity contribution < 1.29 is 0 Å². The van der Waals surface area contributed by atoms with Gasteiger partial charge in [-0.25, -0.2) is 0 Å². The quantitative estimate of drug-likeness (QED) is 0.890. The Morgan fingerprint density at radius 1 is 1.35 bits per heavy atom. The molecule has 1 aromatic carbocycles. The van der Waals surface area contributed by atoms with Gasteiger partial charge in [0.1, 0.15) is 0 Å². The number of halogens is 1. The maximum Gasteiger partial charge on any atom is 0.0427 e. The second-order valence-electron chi connectivity index (χ2n) is 6.75. The molecule has 0 spiro atoms. The van der Waals surface area contributed by atoms with E-state index in [0.717, 1.165) is 23.3 Å². The largest absolute Gasteiger partial charge is 0.329 e. The number of hydrogen-bond donors (Lipinski definition) is 1. The van der Waals surface area contributed by atoms with E-state index in [2.05, 4.69) is 66.0 Å². The van der Waals surface area contributed by atoms with Crippen LogP contribution in [0.3, 0.4) is 0 Å². The van der Waals surface area contributed by atoms with Gasteiger partial charge in [0.25, 0.3) is 0 Å². The molecule has 1 atom stereocenters. The van der Waals surface area contributed by atoms with Gasteiger partial charge in [0, 0.05) is 28.9 Å². The fraction of sp³-hybridized carbons (Fsp3) is 0.625. The van der Waals surface area contributed by atoms with Crippen LogP contribution in [0, 0.1) is 5.41 Å². The average molecular weight is 357 g/mol. The number of likely N-dealkylation sites (N-methyl/N-ethyl adjacent to an activating group) is 1. The molecule has 2 rings (SSSR count). The molecule has 1 aliphatic heterocycles. The highest BCUT2D eigenvalue weighted by Crippen LogP contribution is 2.41. The maximum atomic E-state index is 6.18. The summed E-state index contributed by atoms with van der Waals surface area (Å²) in [6, 6.07) is 8.55. The normalized spacial score (nSPS) is 25.9. The summed E-state index contributed by atoms with van der Waals surface area (Å²) in [5, 5.41) is 0. The minimum absolute atomic E-state index is 0.120. The van der Waals surface area contributed by atoms with E-state index in [9.17, 15) is 0 Å². The number of benzene rings is 1. The van der Waals surface area contributed by atoms with Crippen molar-refractivity contribution in [1.29, 1.82) is 0 Å². The third-order valence-electron chi connectivity index (χ3n) is 4.17. The topological polar surface area (TPSA) is 29.3 Å². The molecule has 2 nitrogen and oxygen atoms in total. The Morgan fingerprint density at radius 2 is 2.10 bits per heavy atom. The minimum atomic E-state index is 0.120. The lowest BCUT2D eigenvalue weighted by molar-refractivity contribution is 0.0870. The van der Waals surface area contributed by atoms with Gasteiger partial charge in [-0.1, -0.05) is 41.9 Å². The third kappa shape index (κ3) is 3.79. The number of thioether (sulfide) groups is 1. The molecule has 4 heteroatoms. The van der Waals surface area contributed by atoms with Gasteiger partial charge >= 0.3 is 0 Å². The number of nitrogens with two attached hydrogens (primary N) is 1. The second-order valence-corrected chi connectivity index (χ2v) is 8.65. The maximum absolute atomic E-state index is 6.18. The molecule has 20 heavy (non-hydrogen) atoms. The van der Waals surface area contributed by atoms with Crippen LogP contribution in [0.15, 0.2) is 28.7 Å². The summed E-state index contributed by atoms with van der Waals surface area (Å²) in [5.74, 6) is 2.37. The van der Waals surface area contributed by atoms with Gasteiger partial charge in [-0.05, 0) is 42.3 Å².